The fourth-order valence-electron chi connectivity index (χ4n) is 1.85. The van der Waals surface area contributed by atoms with Crippen LogP contribution in [0.2, 0.25) is 0 Å². The molecule has 0 bridgehead atoms. The lowest BCUT2D eigenvalue weighted by Gasteiger charge is -2.08. The van der Waals surface area contributed by atoms with Crippen molar-refractivity contribution in [1.29, 1.82) is 0 Å². The highest BCUT2D eigenvalue weighted by Gasteiger charge is 2.07. The molecule has 0 aliphatic heterocycles. The molecular formula is C12H19N5. The number of hydrogen-bond donors (Lipinski definition) is 1. The molecule has 0 amide bonds. The molecule has 2 aromatic rings. The Kier molecular flexibility index (Phi) is 3.58. The van der Waals surface area contributed by atoms with Gasteiger partial charge in [0.05, 0.1) is 18.9 Å². The van der Waals surface area contributed by atoms with Crippen molar-refractivity contribution in [3.8, 4) is 0 Å². The molecule has 5 heteroatoms. The molecule has 0 radical (unpaired) electrons. The van der Waals surface area contributed by atoms with Gasteiger partial charge >= 0.3 is 0 Å². The molecule has 92 valence electrons. The Morgan fingerprint density at radius 2 is 2.12 bits per heavy atom. The predicted octanol–water partition coefficient (Wildman–Crippen LogP) is 1.34. The molecule has 2 aromatic heterocycles. The summed E-state index contributed by atoms with van der Waals surface area (Å²) in [4.78, 5) is 0. The van der Waals surface area contributed by atoms with Crippen LogP contribution in [0.25, 0.3) is 0 Å². The Hall–Kier alpha value is -1.62. The third-order valence-corrected chi connectivity index (χ3v) is 2.77. The van der Waals surface area contributed by atoms with Gasteiger partial charge < -0.3 is 5.32 Å². The van der Waals surface area contributed by atoms with Crippen LogP contribution in [0, 0.1) is 0 Å². The maximum Gasteiger partial charge on any atom is 0.0690 e. The maximum absolute atomic E-state index is 4.36. The quantitative estimate of drug-likeness (QED) is 0.847. The van der Waals surface area contributed by atoms with Gasteiger partial charge in [-0.15, -0.1) is 0 Å². The molecule has 0 aromatic carbocycles. The summed E-state index contributed by atoms with van der Waals surface area (Å²) in [5.41, 5.74) is 2.38. The summed E-state index contributed by atoms with van der Waals surface area (Å²) in [5.74, 6) is 0. The Balaban J connectivity index is 2.03. The highest BCUT2D eigenvalue weighted by atomic mass is 15.3. The van der Waals surface area contributed by atoms with Crippen LogP contribution in [0.1, 0.15) is 31.0 Å². The number of nitrogens with one attached hydrogen (secondary N) is 1. The van der Waals surface area contributed by atoms with Gasteiger partial charge in [0.1, 0.15) is 0 Å². The van der Waals surface area contributed by atoms with E-state index in [4.69, 9.17) is 0 Å². The summed E-state index contributed by atoms with van der Waals surface area (Å²) in [6.07, 6.45) is 7.88. The van der Waals surface area contributed by atoms with Gasteiger partial charge in [0.2, 0.25) is 0 Å². The second-order valence-electron chi connectivity index (χ2n) is 4.27. The van der Waals surface area contributed by atoms with E-state index < -0.39 is 0 Å². The van der Waals surface area contributed by atoms with E-state index in [0.717, 1.165) is 13.1 Å². The molecule has 2 heterocycles. The predicted molar refractivity (Wildman–Crippen MR) is 66.6 cm³/mol. The van der Waals surface area contributed by atoms with E-state index >= 15 is 0 Å². The van der Waals surface area contributed by atoms with E-state index in [1.807, 2.05) is 30.3 Å². The first-order valence-electron chi connectivity index (χ1n) is 5.92. The normalized spacial score (nSPS) is 12.9. The van der Waals surface area contributed by atoms with Crippen LogP contribution in [0.15, 0.2) is 24.8 Å². The SMILES string of the molecule is CCNC(C)c1cnn(Cc2cnn(C)c2)c1. The van der Waals surface area contributed by atoms with Crippen molar-refractivity contribution in [2.24, 2.45) is 7.05 Å². The first-order valence-corrected chi connectivity index (χ1v) is 5.92. The van der Waals surface area contributed by atoms with E-state index in [1.165, 1.54) is 11.1 Å². The summed E-state index contributed by atoms with van der Waals surface area (Å²) in [6, 6.07) is 0.350. The lowest BCUT2D eigenvalue weighted by Crippen LogP contribution is -2.17. The maximum atomic E-state index is 4.36. The molecule has 5 nitrogen and oxygen atoms in total. The minimum atomic E-state index is 0.350. The number of aromatic nitrogens is 4. The number of aryl methyl sites for hydroxylation is 1. The fraction of sp³-hybridized carbons (Fsp3) is 0.500. The zero-order valence-electron chi connectivity index (χ0n) is 10.6. The van der Waals surface area contributed by atoms with Crippen LogP contribution in [0.3, 0.4) is 0 Å². The first kappa shape index (κ1) is 11.9. The van der Waals surface area contributed by atoms with Crippen LogP contribution in [-0.2, 0) is 13.6 Å². The highest BCUT2D eigenvalue weighted by molar-refractivity contribution is 5.11. The molecule has 1 atom stereocenters. The largest absolute Gasteiger partial charge is 0.310 e. The van der Waals surface area contributed by atoms with Crippen LogP contribution in [-0.4, -0.2) is 26.1 Å². The van der Waals surface area contributed by atoms with Crippen molar-refractivity contribution in [3.63, 3.8) is 0 Å². The van der Waals surface area contributed by atoms with Gasteiger partial charge in [-0.05, 0) is 13.5 Å². The molecule has 0 spiro atoms. The van der Waals surface area contributed by atoms with Gasteiger partial charge in [-0.1, -0.05) is 6.92 Å². The van der Waals surface area contributed by atoms with Gasteiger partial charge in [-0.3, -0.25) is 9.36 Å². The van der Waals surface area contributed by atoms with Crippen molar-refractivity contribution >= 4 is 0 Å². The van der Waals surface area contributed by atoms with E-state index in [-0.39, 0.29) is 0 Å². The Labute approximate surface area is 101 Å². The molecule has 1 N–H and O–H groups in total. The van der Waals surface area contributed by atoms with E-state index in [2.05, 4.69) is 35.6 Å². The van der Waals surface area contributed by atoms with Gasteiger partial charge in [0, 0.05) is 36.6 Å². The van der Waals surface area contributed by atoms with Crippen LogP contribution >= 0.6 is 0 Å². The molecule has 1 unspecified atom stereocenters. The lowest BCUT2D eigenvalue weighted by atomic mass is 10.2. The lowest BCUT2D eigenvalue weighted by molar-refractivity contribution is 0.596. The van der Waals surface area contributed by atoms with Crippen molar-refractivity contribution < 1.29 is 0 Å². The van der Waals surface area contributed by atoms with Crippen molar-refractivity contribution in [1.82, 2.24) is 24.9 Å². The standard InChI is InChI=1S/C12H19N5/c1-4-13-10(2)12-6-15-17(9-12)8-11-5-14-16(3)7-11/h5-7,9-10,13H,4,8H2,1-3H3. The Morgan fingerprint density at radius 3 is 2.76 bits per heavy atom. The Bertz CT molecular complexity index is 471. The minimum Gasteiger partial charge on any atom is -0.310 e. The number of hydrogen-bond acceptors (Lipinski definition) is 3. The number of nitrogens with zero attached hydrogens (tertiary/aromatic N) is 4. The molecule has 0 saturated heterocycles. The van der Waals surface area contributed by atoms with Gasteiger partial charge in [0.25, 0.3) is 0 Å². The van der Waals surface area contributed by atoms with E-state index in [9.17, 15) is 0 Å². The number of rotatable bonds is 5. The zero-order valence-corrected chi connectivity index (χ0v) is 10.6. The van der Waals surface area contributed by atoms with Crippen LogP contribution < -0.4 is 5.32 Å². The monoisotopic (exact) mass is 233 g/mol. The van der Waals surface area contributed by atoms with Gasteiger partial charge in [-0.25, -0.2) is 0 Å². The minimum absolute atomic E-state index is 0.350. The molecular weight excluding hydrogens is 214 g/mol. The first-order chi connectivity index (χ1) is 8.19. The fourth-order valence-corrected chi connectivity index (χ4v) is 1.85. The molecule has 2 rings (SSSR count). The second-order valence-corrected chi connectivity index (χ2v) is 4.27. The summed E-state index contributed by atoms with van der Waals surface area (Å²) < 4.78 is 3.75. The van der Waals surface area contributed by atoms with E-state index in [1.54, 1.807) is 4.68 Å². The van der Waals surface area contributed by atoms with Crippen molar-refractivity contribution in [3.05, 3.63) is 35.9 Å². The topological polar surface area (TPSA) is 47.7 Å². The molecule has 0 fully saturated rings. The van der Waals surface area contributed by atoms with E-state index in [0.29, 0.717) is 6.04 Å². The highest BCUT2D eigenvalue weighted by Crippen LogP contribution is 2.11. The van der Waals surface area contributed by atoms with Gasteiger partial charge in [0.15, 0.2) is 0 Å². The second kappa shape index (κ2) is 5.14. The van der Waals surface area contributed by atoms with Gasteiger partial charge in [-0.2, -0.15) is 10.2 Å². The summed E-state index contributed by atoms with van der Waals surface area (Å²) in [5, 5.41) is 11.9. The molecule has 0 aliphatic rings. The summed E-state index contributed by atoms with van der Waals surface area (Å²) in [6.45, 7) is 5.99. The molecule has 0 saturated carbocycles. The third-order valence-electron chi connectivity index (χ3n) is 2.77. The van der Waals surface area contributed by atoms with Crippen molar-refractivity contribution in [2.75, 3.05) is 6.54 Å². The average molecular weight is 233 g/mol. The molecule has 0 aliphatic carbocycles. The van der Waals surface area contributed by atoms with Crippen molar-refractivity contribution in [2.45, 2.75) is 26.4 Å². The van der Waals surface area contributed by atoms with Crippen LogP contribution in [0.5, 0.6) is 0 Å². The van der Waals surface area contributed by atoms with Crippen LogP contribution in [0.4, 0.5) is 0 Å². The summed E-state index contributed by atoms with van der Waals surface area (Å²) >= 11 is 0. The third kappa shape index (κ3) is 2.94. The average Bonchev–Trinajstić information content (AvgIpc) is 2.89. The zero-order chi connectivity index (χ0) is 12.3. The smallest absolute Gasteiger partial charge is 0.0690 e. The molecule has 17 heavy (non-hydrogen) atoms. The summed E-state index contributed by atoms with van der Waals surface area (Å²) in [7, 11) is 1.92. The Morgan fingerprint density at radius 1 is 1.29 bits per heavy atom.